The lowest BCUT2D eigenvalue weighted by molar-refractivity contribution is -0.125. The average Bonchev–Trinajstić information content (AvgIpc) is 3.09. The first kappa shape index (κ1) is 16.3. The van der Waals surface area contributed by atoms with E-state index in [4.69, 9.17) is 13.9 Å². The second-order valence-electron chi connectivity index (χ2n) is 6.19. The highest BCUT2D eigenvalue weighted by Crippen LogP contribution is 2.31. The Kier molecular flexibility index (Phi) is 4.35. The number of likely N-dealkylation sites (N-methyl/N-ethyl adjacent to an activating group) is 1. The summed E-state index contributed by atoms with van der Waals surface area (Å²) < 4.78 is 16.8. The number of carbonyl (C=O) groups is 1. The van der Waals surface area contributed by atoms with Crippen molar-refractivity contribution in [2.45, 2.75) is 6.54 Å². The molecule has 0 saturated carbocycles. The number of rotatable bonds is 4. The maximum Gasteiger partial charge on any atom is 0.246 e. The summed E-state index contributed by atoms with van der Waals surface area (Å²) >= 11 is 0. The molecule has 3 aromatic rings. The van der Waals surface area contributed by atoms with E-state index in [9.17, 15) is 4.79 Å². The third-order valence-corrected chi connectivity index (χ3v) is 4.24. The number of amides is 1. The molecule has 0 N–H and O–H groups in total. The van der Waals surface area contributed by atoms with Gasteiger partial charge in [-0.1, -0.05) is 24.3 Å². The number of ether oxygens (including phenoxy) is 2. The predicted octanol–water partition coefficient (Wildman–Crippen LogP) is 3.88. The number of furan rings is 1. The van der Waals surface area contributed by atoms with Crippen molar-refractivity contribution in [3.63, 3.8) is 0 Å². The molecule has 0 aliphatic carbocycles. The first-order chi connectivity index (χ1) is 12.7. The van der Waals surface area contributed by atoms with Crippen LogP contribution in [0.2, 0.25) is 0 Å². The fraction of sp³-hybridized carbons (Fsp3) is 0.190. The molecule has 0 radical (unpaired) electrons. The molecule has 2 heterocycles. The molecule has 0 atom stereocenters. The number of fused-ring (bicyclic) bond motifs is 2. The van der Waals surface area contributed by atoms with Gasteiger partial charge in [0.2, 0.25) is 5.91 Å². The number of para-hydroxylation sites is 1. The smallest absolute Gasteiger partial charge is 0.246 e. The molecule has 1 amide bonds. The molecule has 1 aliphatic rings. The normalized spacial score (nSPS) is 13.3. The molecule has 5 heteroatoms. The molecular weight excluding hydrogens is 330 g/mol. The molecule has 0 saturated heterocycles. The van der Waals surface area contributed by atoms with Gasteiger partial charge in [-0.2, -0.15) is 0 Å². The number of hydrogen-bond acceptors (Lipinski definition) is 4. The maximum atomic E-state index is 12.4. The van der Waals surface area contributed by atoms with Crippen LogP contribution in [0.5, 0.6) is 11.5 Å². The van der Waals surface area contributed by atoms with E-state index in [0.29, 0.717) is 25.5 Å². The van der Waals surface area contributed by atoms with Crippen LogP contribution in [-0.4, -0.2) is 31.1 Å². The van der Waals surface area contributed by atoms with E-state index in [2.05, 4.69) is 0 Å². The van der Waals surface area contributed by atoms with Crippen molar-refractivity contribution in [1.82, 2.24) is 4.90 Å². The Labute approximate surface area is 151 Å². The summed E-state index contributed by atoms with van der Waals surface area (Å²) in [7, 11) is 1.77. The second-order valence-corrected chi connectivity index (χ2v) is 6.19. The highest BCUT2D eigenvalue weighted by atomic mass is 16.6. The van der Waals surface area contributed by atoms with Crippen LogP contribution in [0.1, 0.15) is 11.3 Å². The minimum absolute atomic E-state index is 0.0969. The van der Waals surface area contributed by atoms with Crippen molar-refractivity contribution in [2.24, 2.45) is 0 Å². The van der Waals surface area contributed by atoms with Crippen molar-refractivity contribution in [3.8, 4) is 11.5 Å². The average molecular weight is 349 g/mol. The third-order valence-electron chi connectivity index (χ3n) is 4.24. The number of benzene rings is 2. The van der Waals surface area contributed by atoms with Gasteiger partial charge in [0.15, 0.2) is 11.5 Å². The summed E-state index contributed by atoms with van der Waals surface area (Å²) in [6.07, 6.45) is 3.22. The summed E-state index contributed by atoms with van der Waals surface area (Å²) in [6, 6.07) is 15.4. The summed E-state index contributed by atoms with van der Waals surface area (Å²) in [5.74, 6) is 2.04. The van der Waals surface area contributed by atoms with E-state index in [1.165, 1.54) is 6.08 Å². The zero-order valence-corrected chi connectivity index (χ0v) is 14.5. The molecular formula is C21H19NO4. The van der Waals surface area contributed by atoms with Crippen LogP contribution >= 0.6 is 0 Å². The molecule has 5 nitrogen and oxygen atoms in total. The van der Waals surface area contributed by atoms with Crippen molar-refractivity contribution in [2.75, 3.05) is 20.3 Å². The molecule has 1 aliphatic heterocycles. The number of nitrogens with zero attached hydrogens (tertiary/aromatic N) is 1. The lowest BCUT2D eigenvalue weighted by atomic mass is 10.2. The van der Waals surface area contributed by atoms with Crippen molar-refractivity contribution >= 4 is 23.0 Å². The Morgan fingerprint density at radius 3 is 2.73 bits per heavy atom. The largest absolute Gasteiger partial charge is 0.486 e. The molecule has 0 unspecified atom stereocenters. The van der Waals surface area contributed by atoms with Gasteiger partial charge < -0.3 is 18.8 Å². The van der Waals surface area contributed by atoms with Crippen molar-refractivity contribution in [1.29, 1.82) is 0 Å². The lowest BCUT2D eigenvalue weighted by Gasteiger charge is -2.20. The van der Waals surface area contributed by atoms with E-state index in [-0.39, 0.29) is 5.91 Å². The van der Waals surface area contributed by atoms with E-state index < -0.39 is 0 Å². The summed E-state index contributed by atoms with van der Waals surface area (Å²) in [4.78, 5) is 14.0. The zero-order chi connectivity index (χ0) is 17.9. The van der Waals surface area contributed by atoms with Crippen molar-refractivity contribution in [3.05, 3.63) is 65.9 Å². The molecule has 0 fully saturated rings. The fourth-order valence-corrected chi connectivity index (χ4v) is 2.90. The van der Waals surface area contributed by atoms with Gasteiger partial charge in [-0.15, -0.1) is 0 Å². The minimum atomic E-state index is -0.0969. The molecule has 1 aromatic heterocycles. The molecule has 0 spiro atoms. The minimum Gasteiger partial charge on any atom is -0.486 e. The summed E-state index contributed by atoms with van der Waals surface area (Å²) in [5, 5.41) is 1.02. The monoisotopic (exact) mass is 349 g/mol. The first-order valence-corrected chi connectivity index (χ1v) is 8.49. The van der Waals surface area contributed by atoms with Gasteiger partial charge >= 0.3 is 0 Å². The lowest BCUT2D eigenvalue weighted by Crippen LogP contribution is -2.24. The van der Waals surface area contributed by atoms with Gasteiger partial charge in [0.1, 0.15) is 24.6 Å². The van der Waals surface area contributed by atoms with Gasteiger partial charge in [-0.25, -0.2) is 0 Å². The number of hydrogen-bond donors (Lipinski definition) is 0. The Morgan fingerprint density at radius 2 is 1.88 bits per heavy atom. The Bertz CT molecular complexity index is 940. The third kappa shape index (κ3) is 3.42. The quantitative estimate of drug-likeness (QED) is 0.671. The SMILES string of the molecule is CN(Cc1ccc2c(c1)OCCO2)C(=O)/C=C/c1cc2ccccc2o1. The summed E-state index contributed by atoms with van der Waals surface area (Å²) in [6.45, 7) is 1.60. The molecule has 26 heavy (non-hydrogen) atoms. The topological polar surface area (TPSA) is 51.9 Å². The first-order valence-electron chi connectivity index (χ1n) is 8.49. The van der Waals surface area contributed by atoms with Crippen LogP contribution in [0.25, 0.3) is 17.0 Å². The number of carbonyl (C=O) groups excluding carboxylic acids is 1. The Balaban J connectivity index is 1.42. The summed E-state index contributed by atoms with van der Waals surface area (Å²) in [5.41, 5.74) is 1.80. The van der Waals surface area contributed by atoms with Crippen LogP contribution in [0.3, 0.4) is 0 Å². The Hall–Kier alpha value is -3.21. The van der Waals surface area contributed by atoms with Gasteiger partial charge in [0, 0.05) is 25.1 Å². The van der Waals surface area contributed by atoms with E-state index in [1.807, 2.05) is 48.5 Å². The van der Waals surface area contributed by atoms with Crippen LogP contribution in [0.15, 0.2) is 59.0 Å². The Morgan fingerprint density at radius 1 is 1.08 bits per heavy atom. The molecule has 4 rings (SSSR count). The highest BCUT2D eigenvalue weighted by Gasteiger charge is 2.13. The van der Waals surface area contributed by atoms with Gasteiger partial charge in [-0.05, 0) is 35.9 Å². The van der Waals surface area contributed by atoms with E-state index >= 15 is 0 Å². The van der Waals surface area contributed by atoms with Crippen LogP contribution in [0.4, 0.5) is 0 Å². The molecule has 2 aromatic carbocycles. The maximum absolute atomic E-state index is 12.4. The van der Waals surface area contributed by atoms with Gasteiger partial charge in [0.25, 0.3) is 0 Å². The van der Waals surface area contributed by atoms with Gasteiger partial charge in [0.05, 0.1) is 0 Å². The molecule has 132 valence electrons. The predicted molar refractivity (Wildman–Crippen MR) is 99.2 cm³/mol. The van der Waals surface area contributed by atoms with E-state index in [0.717, 1.165) is 28.0 Å². The zero-order valence-electron chi connectivity index (χ0n) is 14.5. The molecule has 0 bridgehead atoms. The van der Waals surface area contributed by atoms with Crippen LogP contribution in [-0.2, 0) is 11.3 Å². The van der Waals surface area contributed by atoms with E-state index in [1.54, 1.807) is 18.0 Å². The standard InChI is InChI=1S/C21H19NO4/c1-22(14-15-6-8-19-20(12-15)25-11-10-24-19)21(23)9-7-17-13-16-4-2-3-5-18(16)26-17/h2-9,12-13H,10-11,14H2,1H3/b9-7+. The van der Waals surface area contributed by atoms with Crippen LogP contribution < -0.4 is 9.47 Å². The van der Waals surface area contributed by atoms with Crippen molar-refractivity contribution < 1.29 is 18.7 Å². The highest BCUT2D eigenvalue weighted by molar-refractivity contribution is 5.92. The van der Waals surface area contributed by atoms with Gasteiger partial charge in [-0.3, -0.25) is 4.79 Å². The fourth-order valence-electron chi connectivity index (χ4n) is 2.90. The van der Waals surface area contributed by atoms with Crippen LogP contribution in [0, 0.1) is 0 Å². The second kappa shape index (κ2) is 6.96.